The van der Waals surface area contributed by atoms with Gasteiger partial charge in [-0.15, -0.1) is 0 Å². The van der Waals surface area contributed by atoms with Crippen molar-refractivity contribution in [2.45, 2.75) is 11.4 Å². The zero-order valence-corrected chi connectivity index (χ0v) is 11.7. The summed E-state index contributed by atoms with van der Waals surface area (Å²) in [6, 6.07) is 11.5. The number of sulfonamides is 1. The first-order valence-corrected chi connectivity index (χ1v) is 7.33. The Morgan fingerprint density at radius 2 is 2.10 bits per heavy atom. The minimum Gasteiger partial charge on any atom is -0.264 e. The van der Waals surface area contributed by atoms with Gasteiger partial charge in [-0.25, -0.2) is 8.42 Å². The molecule has 2 aromatic rings. The summed E-state index contributed by atoms with van der Waals surface area (Å²) in [5.41, 5.74) is 1.12. The zero-order valence-electron chi connectivity index (χ0n) is 10.9. The van der Waals surface area contributed by atoms with Crippen LogP contribution in [0.3, 0.4) is 0 Å². The standard InChI is InChI=1S/C14H13N3O2S/c1-17(11-13-5-3-7-16-10-13)20(18,19)14-6-2-4-12(8-14)9-15/h2-8,10H,11H2,1H3. The molecule has 0 spiro atoms. The molecule has 20 heavy (non-hydrogen) atoms. The van der Waals surface area contributed by atoms with Gasteiger partial charge in [0.15, 0.2) is 0 Å². The first-order chi connectivity index (χ1) is 9.54. The molecule has 0 bridgehead atoms. The Morgan fingerprint density at radius 1 is 1.30 bits per heavy atom. The van der Waals surface area contributed by atoms with Crippen LogP contribution in [0.4, 0.5) is 0 Å². The highest BCUT2D eigenvalue weighted by Gasteiger charge is 2.21. The fourth-order valence-electron chi connectivity index (χ4n) is 1.74. The molecule has 0 atom stereocenters. The SMILES string of the molecule is CN(Cc1cccnc1)S(=O)(=O)c1cccc(C#N)c1. The van der Waals surface area contributed by atoms with Gasteiger partial charge in [-0.2, -0.15) is 9.57 Å². The van der Waals surface area contributed by atoms with E-state index in [0.717, 1.165) is 5.56 Å². The minimum atomic E-state index is -3.62. The summed E-state index contributed by atoms with van der Waals surface area (Å²) in [5, 5.41) is 8.83. The normalized spacial score (nSPS) is 11.2. The second kappa shape index (κ2) is 5.82. The van der Waals surface area contributed by atoms with E-state index in [-0.39, 0.29) is 11.4 Å². The highest BCUT2D eigenvalue weighted by molar-refractivity contribution is 7.89. The third-order valence-electron chi connectivity index (χ3n) is 2.80. The molecular weight excluding hydrogens is 274 g/mol. The number of nitriles is 1. The summed E-state index contributed by atoms with van der Waals surface area (Å²) in [6.45, 7) is 0.229. The largest absolute Gasteiger partial charge is 0.264 e. The highest BCUT2D eigenvalue weighted by Crippen LogP contribution is 2.17. The maximum atomic E-state index is 12.4. The van der Waals surface area contributed by atoms with Crippen LogP contribution in [0.15, 0.2) is 53.7 Å². The fraction of sp³-hybridized carbons (Fsp3) is 0.143. The second-order valence-corrected chi connectivity index (χ2v) is 6.31. The van der Waals surface area contributed by atoms with Gasteiger partial charge in [0.05, 0.1) is 16.5 Å². The molecule has 1 aromatic heterocycles. The van der Waals surface area contributed by atoms with Crippen molar-refractivity contribution in [3.63, 3.8) is 0 Å². The maximum absolute atomic E-state index is 12.4. The first-order valence-electron chi connectivity index (χ1n) is 5.89. The summed E-state index contributed by atoms with van der Waals surface area (Å²) >= 11 is 0. The van der Waals surface area contributed by atoms with E-state index in [4.69, 9.17) is 5.26 Å². The summed E-state index contributed by atoms with van der Waals surface area (Å²) < 4.78 is 26.0. The van der Waals surface area contributed by atoms with E-state index < -0.39 is 10.0 Å². The van der Waals surface area contributed by atoms with Crippen LogP contribution in [0.1, 0.15) is 11.1 Å². The van der Waals surface area contributed by atoms with Crippen LogP contribution < -0.4 is 0 Å². The molecule has 0 fully saturated rings. The van der Waals surface area contributed by atoms with Crippen molar-refractivity contribution in [1.29, 1.82) is 5.26 Å². The third kappa shape index (κ3) is 3.02. The molecule has 102 valence electrons. The average molecular weight is 287 g/mol. The van der Waals surface area contributed by atoms with Gasteiger partial charge in [0.2, 0.25) is 10.0 Å². The van der Waals surface area contributed by atoms with Crippen molar-refractivity contribution in [1.82, 2.24) is 9.29 Å². The van der Waals surface area contributed by atoms with Gasteiger partial charge in [0.1, 0.15) is 0 Å². The van der Waals surface area contributed by atoms with Gasteiger partial charge in [0, 0.05) is 26.0 Å². The maximum Gasteiger partial charge on any atom is 0.243 e. The van der Waals surface area contributed by atoms with Crippen molar-refractivity contribution < 1.29 is 8.42 Å². The van der Waals surface area contributed by atoms with Crippen LogP contribution in [0.5, 0.6) is 0 Å². The topological polar surface area (TPSA) is 74.1 Å². The van der Waals surface area contributed by atoms with Gasteiger partial charge in [-0.1, -0.05) is 12.1 Å². The molecule has 0 unspecified atom stereocenters. The van der Waals surface area contributed by atoms with Gasteiger partial charge in [-0.05, 0) is 29.8 Å². The van der Waals surface area contributed by atoms with E-state index in [1.165, 1.54) is 23.5 Å². The lowest BCUT2D eigenvalue weighted by molar-refractivity contribution is 0.466. The van der Waals surface area contributed by atoms with Crippen molar-refractivity contribution in [3.05, 3.63) is 59.9 Å². The molecule has 1 heterocycles. The second-order valence-electron chi connectivity index (χ2n) is 4.26. The van der Waals surface area contributed by atoms with Crippen molar-refractivity contribution >= 4 is 10.0 Å². The number of benzene rings is 1. The van der Waals surface area contributed by atoms with Crippen LogP contribution in [-0.4, -0.2) is 24.8 Å². The number of aromatic nitrogens is 1. The van der Waals surface area contributed by atoms with Gasteiger partial charge in [-0.3, -0.25) is 4.98 Å². The van der Waals surface area contributed by atoms with E-state index in [9.17, 15) is 8.42 Å². The molecule has 6 heteroatoms. The fourth-order valence-corrected chi connectivity index (χ4v) is 2.95. The van der Waals surface area contributed by atoms with Crippen LogP contribution >= 0.6 is 0 Å². The van der Waals surface area contributed by atoms with E-state index in [0.29, 0.717) is 5.56 Å². The molecule has 0 saturated heterocycles. The minimum absolute atomic E-state index is 0.114. The van der Waals surface area contributed by atoms with Gasteiger partial charge >= 0.3 is 0 Å². The predicted octanol–water partition coefficient (Wildman–Crippen LogP) is 1.77. The zero-order chi connectivity index (χ0) is 14.6. The average Bonchev–Trinajstić information content (AvgIpc) is 2.48. The quantitative estimate of drug-likeness (QED) is 0.859. The molecule has 1 aromatic carbocycles. The summed E-state index contributed by atoms with van der Waals surface area (Å²) in [4.78, 5) is 4.07. The number of pyridine rings is 1. The lowest BCUT2D eigenvalue weighted by atomic mass is 10.2. The van der Waals surface area contributed by atoms with Crippen LogP contribution in [0.25, 0.3) is 0 Å². The van der Waals surface area contributed by atoms with E-state index in [1.54, 1.807) is 30.6 Å². The Bertz CT molecular complexity index is 737. The summed E-state index contributed by atoms with van der Waals surface area (Å²) in [5.74, 6) is 0. The molecule has 0 aliphatic carbocycles. The van der Waals surface area contributed by atoms with Crippen LogP contribution in [-0.2, 0) is 16.6 Å². The molecule has 5 nitrogen and oxygen atoms in total. The Kier molecular flexibility index (Phi) is 4.13. The number of nitrogens with zero attached hydrogens (tertiary/aromatic N) is 3. The Hall–Kier alpha value is -2.23. The Morgan fingerprint density at radius 3 is 2.75 bits per heavy atom. The third-order valence-corrected chi connectivity index (χ3v) is 4.60. The monoisotopic (exact) mass is 287 g/mol. The van der Waals surface area contributed by atoms with Gasteiger partial charge in [0.25, 0.3) is 0 Å². The van der Waals surface area contributed by atoms with Crippen molar-refractivity contribution in [2.75, 3.05) is 7.05 Å². The molecule has 0 radical (unpaired) electrons. The highest BCUT2D eigenvalue weighted by atomic mass is 32.2. The number of hydrogen-bond acceptors (Lipinski definition) is 4. The smallest absolute Gasteiger partial charge is 0.243 e. The van der Waals surface area contributed by atoms with Crippen molar-refractivity contribution in [3.8, 4) is 6.07 Å². The lowest BCUT2D eigenvalue weighted by Gasteiger charge is -2.17. The van der Waals surface area contributed by atoms with Crippen LogP contribution in [0, 0.1) is 11.3 Å². The molecule has 0 N–H and O–H groups in total. The van der Waals surface area contributed by atoms with E-state index in [1.807, 2.05) is 12.1 Å². The number of rotatable bonds is 4. The van der Waals surface area contributed by atoms with E-state index in [2.05, 4.69) is 4.98 Å². The van der Waals surface area contributed by atoms with Crippen LogP contribution in [0.2, 0.25) is 0 Å². The Balaban J connectivity index is 2.28. The van der Waals surface area contributed by atoms with E-state index >= 15 is 0 Å². The van der Waals surface area contributed by atoms with Gasteiger partial charge < -0.3 is 0 Å². The summed E-state index contributed by atoms with van der Waals surface area (Å²) in [6.07, 6.45) is 3.26. The lowest BCUT2D eigenvalue weighted by Crippen LogP contribution is -2.26. The molecule has 2 rings (SSSR count). The summed E-state index contributed by atoms with van der Waals surface area (Å²) in [7, 11) is -2.11. The molecular formula is C14H13N3O2S. The molecule has 0 aliphatic rings. The van der Waals surface area contributed by atoms with Crippen molar-refractivity contribution in [2.24, 2.45) is 0 Å². The molecule has 0 saturated carbocycles. The number of hydrogen-bond donors (Lipinski definition) is 0. The molecule has 0 amide bonds. The predicted molar refractivity (Wildman–Crippen MR) is 74.0 cm³/mol. The molecule has 0 aliphatic heterocycles. The first kappa shape index (κ1) is 14.2. The Labute approximate surface area is 118 Å².